The summed E-state index contributed by atoms with van der Waals surface area (Å²) < 4.78 is 7.56. The van der Waals surface area contributed by atoms with Crippen molar-refractivity contribution in [1.82, 2.24) is 15.1 Å². The van der Waals surface area contributed by atoms with Crippen LogP contribution >= 0.6 is 0 Å². The Bertz CT molecular complexity index is 307. The fraction of sp³-hybridized carbons (Fsp3) is 0.727. The van der Waals surface area contributed by atoms with E-state index in [-0.39, 0.29) is 0 Å². The lowest BCUT2D eigenvalue weighted by Gasteiger charge is -2.08. The molecule has 0 unspecified atom stereocenters. The van der Waals surface area contributed by atoms with E-state index in [4.69, 9.17) is 4.74 Å². The summed E-state index contributed by atoms with van der Waals surface area (Å²) in [6.07, 6.45) is 2.24. The van der Waals surface area contributed by atoms with Gasteiger partial charge in [-0.3, -0.25) is 0 Å². The van der Waals surface area contributed by atoms with Gasteiger partial charge in [0, 0.05) is 13.6 Å². The first-order valence-corrected chi connectivity index (χ1v) is 5.50. The summed E-state index contributed by atoms with van der Waals surface area (Å²) in [6, 6.07) is 0. The fourth-order valence-corrected chi connectivity index (χ4v) is 1.55. The highest BCUT2D eigenvalue weighted by Crippen LogP contribution is 2.21. The molecule has 0 aromatic carbocycles. The van der Waals surface area contributed by atoms with Gasteiger partial charge >= 0.3 is 0 Å². The van der Waals surface area contributed by atoms with Gasteiger partial charge in [0.05, 0.1) is 17.9 Å². The molecular weight excluding hydrogens is 190 g/mol. The predicted octanol–water partition coefficient (Wildman–Crippen LogP) is 1.63. The summed E-state index contributed by atoms with van der Waals surface area (Å²) in [5.41, 5.74) is 2.20. The summed E-state index contributed by atoms with van der Waals surface area (Å²) in [5, 5.41) is 7.50. The zero-order chi connectivity index (χ0) is 11.3. The molecule has 4 nitrogen and oxygen atoms in total. The molecule has 4 heteroatoms. The predicted molar refractivity (Wildman–Crippen MR) is 61.1 cm³/mol. The number of rotatable bonds is 6. The first-order chi connectivity index (χ1) is 7.20. The number of aromatic nitrogens is 2. The van der Waals surface area contributed by atoms with Crippen LogP contribution in [0.25, 0.3) is 0 Å². The van der Waals surface area contributed by atoms with E-state index in [2.05, 4.69) is 17.3 Å². The molecule has 0 spiro atoms. The normalized spacial score (nSPS) is 10.7. The summed E-state index contributed by atoms with van der Waals surface area (Å²) in [5.74, 6) is 0.898. The van der Waals surface area contributed by atoms with Crippen molar-refractivity contribution in [3.63, 3.8) is 0 Å². The number of aryl methyl sites for hydroxylation is 2. The third-order valence-electron chi connectivity index (χ3n) is 2.38. The van der Waals surface area contributed by atoms with Gasteiger partial charge in [-0.05, 0) is 20.4 Å². The molecule has 0 bridgehead atoms. The van der Waals surface area contributed by atoms with Crippen LogP contribution in [0.3, 0.4) is 0 Å². The molecule has 0 aliphatic rings. The van der Waals surface area contributed by atoms with E-state index in [0.29, 0.717) is 0 Å². The average molecular weight is 211 g/mol. The third kappa shape index (κ3) is 2.96. The highest BCUT2D eigenvalue weighted by atomic mass is 16.5. The van der Waals surface area contributed by atoms with E-state index in [0.717, 1.165) is 43.1 Å². The van der Waals surface area contributed by atoms with Crippen molar-refractivity contribution < 1.29 is 4.74 Å². The Morgan fingerprint density at radius 3 is 2.80 bits per heavy atom. The van der Waals surface area contributed by atoms with E-state index >= 15 is 0 Å². The number of ether oxygens (including phenoxy) is 1. The lowest BCUT2D eigenvalue weighted by atomic mass is 10.2. The second-order valence-corrected chi connectivity index (χ2v) is 3.73. The molecule has 1 rings (SSSR count). The second kappa shape index (κ2) is 5.75. The monoisotopic (exact) mass is 211 g/mol. The summed E-state index contributed by atoms with van der Waals surface area (Å²) in [7, 11) is 3.86. The number of hydrogen-bond acceptors (Lipinski definition) is 3. The van der Waals surface area contributed by atoms with E-state index < -0.39 is 0 Å². The largest absolute Gasteiger partial charge is 0.478 e. The molecule has 0 saturated carbocycles. The van der Waals surface area contributed by atoms with Gasteiger partial charge in [0.25, 0.3) is 0 Å². The quantitative estimate of drug-likeness (QED) is 0.727. The van der Waals surface area contributed by atoms with Crippen molar-refractivity contribution in [2.24, 2.45) is 7.05 Å². The van der Waals surface area contributed by atoms with Crippen molar-refractivity contribution in [3.05, 3.63) is 11.3 Å². The molecule has 0 aliphatic heterocycles. The SMILES string of the molecule is CCCCOc1c(CNC)c(C)nn1C. The highest BCUT2D eigenvalue weighted by Gasteiger charge is 2.13. The number of nitrogens with zero attached hydrogens (tertiary/aromatic N) is 2. The molecule has 0 fully saturated rings. The van der Waals surface area contributed by atoms with Crippen molar-refractivity contribution >= 4 is 0 Å². The Morgan fingerprint density at radius 1 is 1.47 bits per heavy atom. The molecule has 86 valence electrons. The van der Waals surface area contributed by atoms with Gasteiger partial charge in [-0.2, -0.15) is 5.10 Å². The zero-order valence-electron chi connectivity index (χ0n) is 10.1. The van der Waals surface area contributed by atoms with Gasteiger partial charge in [-0.25, -0.2) is 4.68 Å². The van der Waals surface area contributed by atoms with Crippen molar-refractivity contribution in [3.8, 4) is 5.88 Å². The number of unbranched alkanes of at least 4 members (excludes halogenated alkanes) is 1. The van der Waals surface area contributed by atoms with Crippen LogP contribution in [0, 0.1) is 6.92 Å². The van der Waals surface area contributed by atoms with Gasteiger partial charge in [0.15, 0.2) is 0 Å². The van der Waals surface area contributed by atoms with Gasteiger partial charge in [-0.1, -0.05) is 13.3 Å². The van der Waals surface area contributed by atoms with Crippen molar-refractivity contribution in [1.29, 1.82) is 0 Å². The Kier molecular flexibility index (Phi) is 4.62. The smallest absolute Gasteiger partial charge is 0.216 e. The first kappa shape index (κ1) is 12.0. The van der Waals surface area contributed by atoms with E-state index in [1.807, 2.05) is 25.7 Å². The minimum Gasteiger partial charge on any atom is -0.478 e. The van der Waals surface area contributed by atoms with Crippen LogP contribution in [-0.2, 0) is 13.6 Å². The molecule has 1 N–H and O–H groups in total. The standard InChI is InChI=1S/C11H21N3O/c1-5-6-7-15-11-10(8-12-3)9(2)13-14(11)4/h12H,5-8H2,1-4H3. The molecule has 0 amide bonds. The molecule has 0 atom stereocenters. The Balaban J connectivity index is 2.74. The Morgan fingerprint density at radius 2 is 2.20 bits per heavy atom. The van der Waals surface area contributed by atoms with Crippen LogP contribution in [-0.4, -0.2) is 23.4 Å². The maximum atomic E-state index is 5.74. The number of hydrogen-bond donors (Lipinski definition) is 1. The molecule has 0 saturated heterocycles. The third-order valence-corrected chi connectivity index (χ3v) is 2.38. The van der Waals surface area contributed by atoms with E-state index in [9.17, 15) is 0 Å². The zero-order valence-corrected chi connectivity index (χ0v) is 10.1. The maximum absolute atomic E-state index is 5.74. The van der Waals surface area contributed by atoms with Crippen LogP contribution in [0.5, 0.6) is 5.88 Å². The molecular formula is C11H21N3O. The van der Waals surface area contributed by atoms with Gasteiger partial charge in [0.1, 0.15) is 0 Å². The molecule has 1 aromatic rings. The molecule has 1 aromatic heterocycles. The van der Waals surface area contributed by atoms with Crippen molar-refractivity contribution in [2.75, 3.05) is 13.7 Å². The van der Waals surface area contributed by atoms with Gasteiger partial charge < -0.3 is 10.1 Å². The Hall–Kier alpha value is -1.03. The molecule has 0 aliphatic carbocycles. The summed E-state index contributed by atoms with van der Waals surface area (Å²) >= 11 is 0. The minimum absolute atomic E-state index is 0.770. The highest BCUT2D eigenvalue weighted by molar-refractivity contribution is 5.30. The number of nitrogens with one attached hydrogen (secondary N) is 1. The first-order valence-electron chi connectivity index (χ1n) is 5.50. The second-order valence-electron chi connectivity index (χ2n) is 3.73. The maximum Gasteiger partial charge on any atom is 0.216 e. The van der Waals surface area contributed by atoms with E-state index in [1.165, 1.54) is 0 Å². The van der Waals surface area contributed by atoms with Crippen LogP contribution in [0.4, 0.5) is 0 Å². The minimum atomic E-state index is 0.770. The lowest BCUT2D eigenvalue weighted by molar-refractivity contribution is 0.280. The van der Waals surface area contributed by atoms with Crippen LogP contribution in [0.15, 0.2) is 0 Å². The van der Waals surface area contributed by atoms with Crippen LogP contribution in [0.1, 0.15) is 31.0 Å². The van der Waals surface area contributed by atoms with E-state index in [1.54, 1.807) is 0 Å². The van der Waals surface area contributed by atoms with Crippen LogP contribution in [0.2, 0.25) is 0 Å². The topological polar surface area (TPSA) is 39.1 Å². The fourth-order valence-electron chi connectivity index (χ4n) is 1.55. The summed E-state index contributed by atoms with van der Waals surface area (Å²) in [4.78, 5) is 0. The average Bonchev–Trinajstić information content (AvgIpc) is 2.45. The molecule has 0 radical (unpaired) electrons. The van der Waals surface area contributed by atoms with Crippen LogP contribution < -0.4 is 10.1 Å². The van der Waals surface area contributed by atoms with Gasteiger partial charge in [-0.15, -0.1) is 0 Å². The lowest BCUT2D eigenvalue weighted by Crippen LogP contribution is -2.09. The molecule has 15 heavy (non-hydrogen) atoms. The molecule has 1 heterocycles. The Labute approximate surface area is 91.6 Å². The van der Waals surface area contributed by atoms with Crippen molar-refractivity contribution in [2.45, 2.75) is 33.2 Å². The summed E-state index contributed by atoms with van der Waals surface area (Å²) in [6.45, 7) is 5.75. The van der Waals surface area contributed by atoms with Gasteiger partial charge in [0.2, 0.25) is 5.88 Å².